The molecule has 0 saturated carbocycles. The molecule has 1 heterocycles. The van der Waals surface area contributed by atoms with Gasteiger partial charge in [0, 0.05) is 25.6 Å². The fourth-order valence-corrected chi connectivity index (χ4v) is 2.84. The van der Waals surface area contributed by atoms with E-state index in [1.807, 2.05) is 0 Å². The zero-order valence-electron chi connectivity index (χ0n) is 9.26. The Bertz CT molecular complexity index is 348. The van der Waals surface area contributed by atoms with E-state index in [0.29, 0.717) is 13.1 Å². The molecule has 0 amide bonds. The quantitative estimate of drug-likeness (QED) is 0.259. The number of oxime groups is 1. The molecule has 1 aliphatic heterocycles. The predicted molar refractivity (Wildman–Crippen MR) is 60.3 cm³/mol. The largest absolute Gasteiger partial charge is 0.409 e. The number of rotatable bonds is 5. The zero-order chi connectivity index (χ0) is 12.2. The molecule has 8 heteroatoms. The second-order valence-electron chi connectivity index (χ2n) is 3.89. The third-order valence-corrected chi connectivity index (χ3v) is 4.17. The molecule has 0 aliphatic carbocycles. The van der Waals surface area contributed by atoms with Gasteiger partial charge in [0.25, 0.3) is 10.2 Å². The van der Waals surface area contributed by atoms with Gasteiger partial charge >= 0.3 is 0 Å². The smallest absolute Gasteiger partial charge is 0.279 e. The average molecular weight is 250 g/mol. The van der Waals surface area contributed by atoms with Crippen LogP contribution in [-0.2, 0) is 10.2 Å². The fraction of sp³-hybridized carbons (Fsp3) is 0.875. The molecule has 1 rings (SSSR count). The van der Waals surface area contributed by atoms with Crippen LogP contribution in [0, 0.1) is 5.92 Å². The summed E-state index contributed by atoms with van der Waals surface area (Å²) in [5, 5.41) is 11.3. The Labute approximate surface area is 95.5 Å². The first-order valence-corrected chi connectivity index (χ1v) is 6.63. The van der Waals surface area contributed by atoms with Crippen molar-refractivity contribution in [1.82, 2.24) is 9.03 Å². The van der Waals surface area contributed by atoms with Gasteiger partial charge in [0.15, 0.2) is 0 Å². The van der Waals surface area contributed by atoms with Gasteiger partial charge in [-0.2, -0.15) is 12.7 Å². The van der Waals surface area contributed by atoms with Crippen molar-refractivity contribution >= 4 is 16.0 Å². The Morgan fingerprint density at radius 1 is 1.56 bits per heavy atom. The molecule has 0 aromatic rings. The Kier molecular flexibility index (Phi) is 4.51. The van der Waals surface area contributed by atoms with Crippen molar-refractivity contribution in [3.63, 3.8) is 0 Å². The lowest BCUT2D eigenvalue weighted by atomic mass is 10.2. The maximum atomic E-state index is 11.7. The molecule has 0 radical (unpaired) electrons. The van der Waals surface area contributed by atoms with Crippen molar-refractivity contribution in [2.24, 2.45) is 16.8 Å². The monoisotopic (exact) mass is 250 g/mol. The van der Waals surface area contributed by atoms with Gasteiger partial charge in [-0.05, 0) is 12.8 Å². The SMILES string of the molecule is CC(CNS(=O)(=O)N1CCCC1)C(N)=NO. The molecule has 7 nitrogen and oxygen atoms in total. The molecule has 1 aliphatic rings. The Morgan fingerprint density at radius 2 is 2.12 bits per heavy atom. The van der Waals surface area contributed by atoms with Gasteiger partial charge in [0.2, 0.25) is 0 Å². The molecule has 1 fully saturated rings. The van der Waals surface area contributed by atoms with Crippen LogP contribution >= 0.6 is 0 Å². The van der Waals surface area contributed by atoms with E-state index in [1.165, 1.54) is 4.31 Å². The minimum Gasteiger partial charge on any atom is -0.409 e. The highest BCUT2D eigenvalue weighted by Crippen LogP contribution is 2.11. The van der Waals surface area contributed by atoms with Crippen molar-refractivity contribution in [2.75, 3.05) is 19.6 Å². The Hall–Kier alpha value is -0.860. The van der Waals surface area contributed by atoms with E-state index >= 15 is 0 Å². The highest BCUT2D eigenvalue weighted by Gasteiger charge is 2.25. The van der Waals surface area contributed by atoms with Gasteiger partial charge in [-0.25, -0.2) is 4.72 Å². The van der Waals surface area contributed by atoms with Crippen LogP contribution in [0.15, 0.2) is 5.16 Å². The Morgan fingerprint density at radius 3 is 2.62 bits per heavy atom. The normalized spacial score (nSPS) is 21.2. The number of nitrogens with zero attached hydrogens (tertiary/aromatic N) is 2. The summed E-state index contributed by atoms with van der Waals surface area (Å²) in [5.74, 6) is -0.313. The topological polar surface area (TPSA) is 108 Å². The average Bonchev–Trinajstić information content (AvgIpc) is 2.78. The van der Waals surface area contributed by atoms with Crippen molar-refractivity contribution in [3.05, 3.63) is 0 Å². The van der Waals surface area contributed by atoms with Gasteiger partial charge in [0.1, 0.15) is 5.84 Å². The first-order valence-electron chi connectivity index (χ1n) is 5.19. The van der Waals surface area contributed by atoms with E-state index in [0.717, 1.165) is 12.8 Å². The summed E-state index contributed by atoms with van der Waals surface area (Å²) in [6.07, 6.45) is 1.80. The van der Waals surface area contributed by atoms with E-state index < -0.39 is 10.2 Å². The lowest BCUT2D eigenvalue weighted by molar-refractivity contribution is 0.314. The summed E-state index contributed by atoms with van der Waals surface area (Å²) < 4.78 is 27.3. The van der Waals surface area contributed by atoms with E-state index in [9.17, 15) is 8.42 Å². The highest BCUT2D eigenvalue weighted by molar-refractivity contribution is 7.87. The molecule has 0 spiro atoms. The third-order valence-electron chi connectivity index (χ3n) is 2.60. The van der Waals surface area contributed by atoms with E-state index in [1.54, 1.807) is 6.92 Å². The van der Waals surface area contributed by atoms with E-state index in [-0.39, 0.29) is 18.3 Å². The van der Waals surface area contributed by atoms with Gasteiger partial charge in [-0.15, -0.1) is 0 Å². The van der Waals surface area contributed by atoms with Crippen LogP contribution in [0.2, 0.25) is 0 Å². The van der Waals surface area contributed by atoms with Gasteiger partial charge < -0.3 is 10.9 Å². The second-order valence-corrected chi connectivity index (χ2v) is 5.64. The number of hydrogen-bond donors (Lipinski definition) is 3. The highest BCUT2D eigenvalue weighted by atomic mass is 32.2. The van der Waals surface area contributed by atoms with Crippen LogP contribution in [0.3, 0.4) is 0 Å². The van der Waals surface area contributed by atoms with Crippen LogP contribution in [0.25, 0.3) is 0 Å². The molecule has 1 saturated heterocycles. The second kappa shape index (κ2) is 5.46. The first-order chi connectivity index (χ1) is 7.47. The van der Waals surface area contributed by atoms with Crippen LogP contribution in [0.4, 0.5) is 0 Å². The lowest BCUT2D eigenvalue weighted by Crippen LogP contribution is -2.42. The maximum Gasteiger partial charge on any atom is 0.279 e. The minimum atomic E-state index is -3.41. The summed E-state index contributed by atoms with van der Waals surface area (Å²) in [5.41, 5.74) is 5.35. The number of nitrogens with one attached hydrogen (secondary N) is 1. The summed E-state index contributed by atoms with van der Waals surface area (Å²) in [4.78, 5) is 0. The summed E-state index contributed by atoms with van der Waals surface area (Å²) in [7, 11) is -3.41. The molecule has 0 aromatic heterocycles. The van der Waals surface area contributed by atoms with Crippen LogP contribution in [-0.4, -0.2) is 43.4 Å². The Balaban J connectivity index is 2.47. The van der Waals surface area contributed by atoms with Crippen LogP contribution < -0.4 is 10.5 Å². The minimum absolute atomic E-state index is 0.0177. The maximum absolute atomic E-state index is 11.7. The van der Waals surface area contributed by atoms with Crippen LogP contribution in [0.1, 0.15) is 19.8 Å². The summed E-state index contributed by atoms with van der Waals surface area (Å²) in [6, 6.07) is 0. The molecule has 1 atom stereocenters. The number of hydrogen-bond acceptors (Lipinski definition) is 4. The third kappa shape index (κ3) is 3.32. The molecular weight excluding hydrogens is 232 g/mol. The number of nitrogens with two attached hydrogens (primary N) is 1. The van der Waals surface area contributed by atoms with Crippen molar-refractivity contribution < 1.29 is 13.6 Å². The first kappa shape index (κ1) is 13.2. The predicted octanol–water partition coefficient (Wildman–Crippen LogP) is -0.701. The standard InChI is InChI=1S/C8H18N4O3S/c1-7(8(9)11-13)6-10-16(14,15)12-4-2-3-5-12/h7,10,13H,2-6H2,1H3,(H2,9,11). The lowest BCUT2D eigenvalue weighted by Gasteiger charge is -2.17. The van der Waals surface area contributed by atoms with Gasteiger partial charge in [0.05, 0.1) is 0 Å². The molecule has 94 valence electrons. The molecule has 1 unspecified atom stereocenters. The van der Waals surface area contributed by atoms with E-state index in [2.05, 4.69) is 9.88 Å². The molecular formula is C8H18N4O3S. The van der Waals surface area contributed by atoms with Crippen molar-refractivity contribution in [3.8, 4) is 0 Å². The van der Waals surface area contributed by atoms with Crippen molar-refractivity contribution in [1.29, 1.82) is 0 Å². The van der Waals surface area contributed by atoms with Crippen molar-refractivity contribution in [2.45, 2.75) is 19.8 Å². The molecule has 16 heavy (non-hydrogen) atoms. The number of amidine groups is 1. The zero-order valence-corrected chi connectivity index (χ0v) is 10.1. The molecule has 4 N–H and O–H groups in total. The van der Waals surface area contributed by atoms with E-state index in [4.69, 9.17) is 10.9 Å². The van der Waals surface area contributed by atoms with Gasteiger partial charge in [-0.3, -0.25) is 0 Å². The molecule has 0 aromatic carbocycles. The van der Waals surface area contributed by atoms with Gasteiger partial charge in [-0.1, -0.05) is 12.1 Å². The summed E-state index contributed by atoms with van der Waals surface area (Å²) in [6.45, 7) is 2.94. The summed E-state index contributed by atoms with van der Waals surface area (Å²) >= 11 is 0. The molecule has 0 bridgehead atoms. The fourth-order valence-electron chi connectivity index (χ4n) is 1.45. The van der Waals surface area contributed by atoms with Crippen LogP contribution in [0.5, 0.6) is 0 Å².